The Hall–Kier alpha value is -1.34. The number of aryl methyl sites for hydroxylation is 2. The largest absolute Gasteiger partial charge is 0.339 e. The zero-order valence-electron chi connectivity index (χ0n) is 16.4. The molecule has 0 bridgehead atoms. The third-order valence-corrected chi connectivity index (χ3v) is 8.99. The Morgan fingerprint density at radius 3 is 2.89 bits per heavy atom. The van der Waals surface area contributed by atoms with Crippen LogP contribution in [0.15, 0.2) is 9.95 Å². The molecule has 3 heterocycles. The summed E-state index contributed by atoms with van der Waals surface area (Å²) in [4.78, 5) is 35.0. The highest BCUT2D eigenvalue weighted by Gasteiger charge is 2.35. The molecule has 1 amide bonds. The van der Waals surface area contributed by atoms with E-state index in [1.165, 1.54) is 47.9 Å². The lowest BCUT2D eigenvalue weighted by atomic mass is 9.78. The van der Waals surface area contributed by atoms with E-state index in [2.05, 4.69) is 4.90 Å². The second-order valence-electron chi connectivity index (χ2n) is 8.43. The number of hydrogen-bond acceptors (Lipinski definition) is 5. The van der Waals surface area contributed by atoms with E-state index in [1.54, 1.807) is 23.0 Å². The van der Waals surface area contributed by atoms with Crippen LogP contribution in [-0.4, -0.2) is 38.7 Å². The van der Waals surface area contributed by atoms with E-state index in [1.807, 2.05) is 0 Å². The van der Waals surface area contributed by atoms with Crippen LogP contribution in [0.5, 0.6) is 0 Å². The van der Waals surface area contributed by atoms with Gasteiger partial charge in [-0.3, -0.25) is 14.2 Å². The van der Waals surface area contributed by atoms with E-state index < -0.39 is 0 Å². The summed E-state index contributed by atoms with van der Waals surface area (Å²) < 4.78 is 1.64. The van der Waals surface area contributed by atoms with Gasteiger partial charge in [0.25, 0.3) is 5.56 Å². The van der Waals surface area contributed by atoms with Crippen molar-refractivity contribution in [2.75, 3.05) is 12.3 Å². The van der Waals surface area contributed by atoms with Crippen LogP contribution in [0.4, 0.5) is 0 Å². The minimum atomic E-state index is 0.0460. The predicted octanol–water partition coefficient (Wildman–Crippen LogP) is 3.76. The molecule has 0 spiro atoms. The molecule has 2 aromatic rings. The highest BCUT2D eigenvalue weighted by Crippen LogP contribution is 2.37. The standard InChI is InChI=1S/C21H27N3O2S2/c1-23-20(26)18-14-8-4-10-16(14)28-19(18)22-21(23)27-12-17(25)24-11-5-7-13-6-2-3-9-15(13)24/h13,15H,2-12H2,1H3/t13-,15-/m1/s1. The molecule has 5 nitrogen and oxygen atoms in total. The topological polar surface area (TPSA) is 55.2 Å². The molecule has 5 rings (SSSR count). The molecular formula is C21H27N3O2S2. The van der Waals surface area contributed by atoms with Crippen molar-refractivity contribution in [2.24, 2.45) is 13.0 Å². The predicted molar refractivity (Wildman–Crippen MR) is 114 cm³/mol. The number of amides is 1. The van der Waals surface area contributed by atoms with Gasteiger partial charge in [0.1, 0.15) is 4.83 Å². The monoisotopic (exact) mass is 417 g/mol. The van der Waals surface area contributed by atoms with Gasteiger partial charge in [0.05, 0.1) is 11.1 Å². The summed E-state index contributed by atoms with van der Waals surface area (Å²) in [5.74, 6) is 1.29. The van der Waals surface area contributed by atoms with Gasteiger partial charge in [-0.15, -0.1) is 11.3 Å². The van der Waals surface area contributed by atoms with Gasteiger partial charge in [-0.25, -0.2) is 4.98 Å². The molecule has 0 N–H and O–H groups in total. The number of aromatic nitrogens is 2. The number of thioether (sulfide) groups is 1. The zero-order valence-corrected chi connectivity index (χ0v) is 18.0. The first kappa shape index (κ1) is 18.7. The van der Waals surface area contributed by atoms with Gasteiger partial charge in [0, 0.05) is 24.5 Å². The van der Waals surface area contributed by atoms with Crippen LogP contribution < -0.4 is 5.56 Å². The Morgan fingerprint density at radius 1 is 1.18 bits per heavy atom. The minimum Gasteiger partial charge on any atom is -0.339 e. The van der Waals surface area contributed by atoms with E-state index in [4.69, 9.17) is 4.98 Å². The van der Waals surface area contributed by atoms with Crippen molar-refractivity contribution in [3.05, 3.63) is 20.8 Å². The molecule has 7 heteroatoms. The van der Waals surface area contributed by atoms with E-state index in [0.717, 1.165) is 48.9 Å². The molecule has 2 aliphatic carbocycles. The number of carbonyl (C=O) groups is 1. The van der Waals surface area contributed by atoms with Crippen molar-refractivity contribution in [3.63, 3.8) is 0 Å². The zero-order chi connectivity index (χ0) is 19.3. The molecule has 1 saturated heterocycles. The SMILES string of the molecule is Cn1c(SCC(=O)N2CCC[C@H]3CCCC[C@H]32)nc2sc3c(c2c1=O)CCC3. The average Bonchev–Trinajstić information content (AvgIpc) is 3.29. The maximum atomic E-state index is 13.0. The van der Waals surface area contributed by atoms with E-state index in [-0.39, 0.29) is 11.5 Å². The lowest BCUT2D eigenvalue weighted by Gasteiger charge is -2.44. The number of nitrogens with zero attached hydrogens (tertiary/aromatic N) is 3. The van der Waals surface area contributed by atoms with Crippen LogP contribution in [-0.2, 0) is 24.7 Å². The third kappa shape index (κ3) is 3.11. The van der Waals surface area contributed by atoms with Crippen LogP contribution in [0.1, 0.15) is 55.4 Å². The highest BCUT2D eigenvalue weighted by molar-refractivity contribution is 7.99. The van der Waals surface area contributed by atoms with Crippen LogP contribution in [0.2, 0.25) is 0 Å². The van der Waals surface area contributed by atoms with Crippen LogP contribution in [0, 0.1) is 5.92 Å². The molecular weight excluding hydrogens is 390 g/mol. The van der Waals surface area contributed by atoms with Gasteiger partial charge in [-0.2, -0.15) is 0 Å². The first-order valence-electron chi connectivity index (χ1n) is 10.6. The Morgan fingerprint density at radius 2 is 2.00 bits per heavy atom. The Labute approximate surface area is 173 Å². The van der Waals surface area contributed by atoms with Gasteiger partial charge in [-0.1, -0.05) is 24.6 Å². The molecule has 2 atom stereocenters. The molecule has 0 aromatic carbocycles. The van der Waals surface area contributed by atoms with Crippen LogP contribution in [0.25, 0.3) is 10.2 Å². The number of thiophene rings is 1. The third-order valence-electron chi connectivity index (χ3n) is 6.79. The maximum absolute atomic E-state index is 13.0. The molecule has 28 heavy (non-hydrogen) atoms. The van der Waals surface area contributed by atoms with Crippen molar-refractivity contribution >= 4 is 39.2 Å². The first-order chi connectivity index (χ1) is 13.6. The molecule has 2 fully saturated rings. The van der Waals surface area contributed by atoms with Crippen molar-refractivity contribution in [1.29, 1.82) is 0 Å². The quantitative estimate of drug-likeness (QED) is 0.564. The highest BCUT2D eigenvalue weighted by atomic mass is 32.2. The molecule has 3 aliphatic rings. The lowest BCUT2D eigenvalue weighted by Crippen LogP contribution is -2.50. The van der Waals surface area contributed by atoms with E-state index >= 15 is 0 Å². The molecule has 1 saturated carbocycles. The lowest BCUT2D eigenvalue weighted by molar-refractivity contribution is -0.134. The molecule has 150 valence electrons. The fourth-order valence-electron chi connectivity index (χ4n) is 5.38. The minimum absolute atomic E-state index is 0.0460. The van der Waals surface area contributed by atoms with Crippen molar-refractivity contribution < 1.29 is 4.79 Å². The fraction of sp³-hybridized carbons (Fsp3) is 0.667. The fourth-order valence-corrected chi connectivity index (χ4v) is 7.54. The van der Waals surface area contributed by atoms with Gasteiger partial charge >= 0.3 is 0 Å². The van der Waals surface area contributed by atoms with E-state index in [0.29, 0.717) is 22.9 Å². The number of fused-ring (bicyclic) bond motifs is 4. The summed E-state index contributed by atoms with van der Waals surface area (Å²) in [5, 5.41) is 1.49. The summed E-state index contributed by atoms with van der Waals surface area (Å²) >= 11 is 3.09. The Balaban J connectivity index is 1.35. The van der Waals surface area contributed by atoms with Gasteiger partial charge in [-0.05, 0) is 56.4 Å². The van der Waals surface area contributed by atoms with Crippen molar-refractivity contribution in [3.8, 4) is 0 Å². The van der Waals surface area contributed by atoms with Crippen LogP contribution in [0.3, 0.4) is 0 Å². The Bertz CT molecular complexity index is 978. The second kappa shape index (κ2) is 7.48. The van der Waals surface area contributed by atoms with Gasteiger partial charge < -0.3 is 4.90 Å². The summed E-state index contributed by atoms with van der Waals surface area (Å²) in [6.45, 7) is 0.892. The second-order valence-corrected chi connectivity index (χ2v) is 10.5. The van der Waals surface area contributed by atoms with Gasteiger partial charge in [0.15, 0.2) is 5.16 Å². The summed E-state index contributed by atoms with van der Waals surface area (Å²) in [7, 11) is 1.79. The summed E-state index contributed by atoms with van der Waals surface area (Å²) in [6.07, 6.45) is 10.6. The van der Waals surface area contributed by atoms with Crippen molar-refractivity contribution in [1.82, 2.24) is 14.5 Å². The average molecular weight is 418 g/mol. The summed E-state index contributed by atoms with van der Waals surface area (Å²) in [6, 6.07) is 0.440. The number of rotatable bonds is 3. The maximum Gasteiger partial charge on any atom is 0.262 e. The number of piperidine rings is 1. The summed E-state index contributed by atoms with van der Waals surface area (Å²) in [5.41, 5.74) is 1.27. The smallest absolute Gasteiger partial charge is 0.262 e. The van der Waals surface area contributed by atoms with Gasteiger partial charge in [0.2, 0.25) is 5.91 Å². The van der Waals surface area contributed by atoms with Crippen molar-refractivity contribution in [2.45, 2.75) is 69.0 Å². The molecule has 2 aromatic heterocycles. The number of carbonyl (C=O) groups excluding carboxylic acids is 1. The van der Waals surface area contributed by atoms with Crippen LogP contribution >= 0.6 is 23.1 Å². The number of hydrogen-bond donors (Lipinski definition) is 0. The Kier molecular flexibility index (Phi) is 4.99. The molecule has 0 radical (unpaired) electrons. The normalized spacial score (nSPS) is 24.4. The molecule has 0 unspecified atom stereocenters. The first-order valence-corrected chi connectivity index (χ1v) is 12.4. The molecule has 1 aliphatic heterocycles. The van der Waals surface area contributed by atoms with E-state index in [9.17, 15) is 9.59 Å². The number of likely N-dealkylation sites (tertiary alicyclic amines) is 1.